The first-order valence-electron chi connectivity index (χ1n) is 9.29. The summed E-state index contributed by atoms with van der Waals surface area (Å²) in [6.45, 7) is 7.49. The maximum absolute atomic E-state index is 14.1. The van der Waals surface area contributed by atoms with E-state index in [2.05, 4.69) is 15.2 Å². The van der Waals surface area contributed by atoms with Crippen LogP contribution in [-0.2, 0) is 24.2 Å². The van der Waals surface area contributed by atoms with Gasteiger partial charge in [-0.05, 0) is 51.8 Å². The Balaban J connectivity index is 1.74. The van der Waals surface area contributed by atoms with Gasteiger partial charge in [0, 0.05) is 35.5 Å². The van der Waals surface area contributed by atoms with Gasteiger partial charge in [-0.15, -0.1) is 4.72 Å². The molecule has 3 rings (SSSR count). The Morgan fingerprint density at radius 2 is 2.11 bits per heavy atom. The van der Waals surface area contributed by atoms with Gasteiger partial charge in [0.1, 0.15) is 28.5 Å². The van der Waals surface area contributed by atoms with E-state index in [0.29, 0.717) is 23.3 Å². The summed E-state index contributed by atoms with van der Waals surface area (Å²) in [4.78, 5) is 0. The first-order valence-corrected chi connectivity index (χ1v) is 10.4. The summed E-state index contributed by atoms with van der Waals surface area (Å²) in [6, 6.07) is 1.43. The van der Waals surface area contributed by atoms with Crippen LogP contribution in [-0.4, -0.2) is 40.1 Å². The number of hydrogen-bond acceptors (Lipinski definition) is 5. The molecule has 0 bridgehead atoms. The smallest absolute Gasteiger partial charge is 0.260 e. The molecular formula is C19H26F3N3O2S. The zero-order valence-electron chi connectivity index (χ0n) is 16.3. The van der Waals surface area contributed by atoms with E-state index in [1.54, 1.807) is 0 Å². The van der Waals surface area contributed by atoms with Crippen molar-refractivity contribution in [1.82, 2.24) is 10.1 Å². The number of hydrogen-bond donors (Lipinski definition) is 2. The molecule has 0 fully saturated rings. The summed E-state index contributed by atoms with van der Waals surface area (Å²) in [5.74, 6) is -0.430. The van der Waals surface area contributed by atoms with E-state index in [9.17, 15) is 17.7 Å². The summed E-state index contributed by atoms with van der Waals surface area (Å²) in [5.41, 5.74) is 3.66. The highest BCUT2D eigenvalue weighted by Crippen LogP contribution is 2.37. The largest absolute Gasteiger partial charge is 0.598 e. The number of halogens is 3. The predicted octanol–water partition coefficient (Wildman–Crippen LogP) is 2.95. The first-order chi connectivity index (χ1) is 13.1. The Morgan fingerprint density at radius 3 is 2.75 bits per heavy atom. The summed E-state index contributed by atoms with van der Waals surface area (Å²) in [6.07, 6.45) is -0.779. The SMILES string of the molecule is CC(N[S+]([O-])C(C)(C)C)C1Cc2cc(F)cc(CC3C=NN[C@@H]3C(F)F)c2O1. The van der Waals surface area contributed by atoms with Gasteiger partial charge < -0.3 is 14.7 Å². The number of ether oxygens (including phenoxy) is 1. The second kappa shape index (κ2) is 8.12. The maximum Gasteiger partial charge on any atom is 0.260 e. The van der Waals surface area contributed by atoms with Crippen LogP contribution in [0.3, 0.4) is 0 Å². The zero-order chi connectivity index (χ0) is 20.6. The van der Waals surface area contributed by atoms with Crippen molar-refractivity contribution in [1.29, 1.82) is 0 Å². The van der Waals surface area contributed by atoms with Gasteiger partial charge in [0.15, 0.2) is 0 Å². The molecule has 0 saturated carbocycles. The van der Waals surface area contributed by atoms with Crippen LogP contribution in [0.15, 0.2) is 17.2 Å². The third kappa shape index (κ3) is 4.58. The Hall–Kier alpha value is -1.45. The number of alkyl halides is 2. The molecular weight excluding hydrogens is 391 g/mol. The van der Waals surface area contributed by atoms with Gasteiger partial charge in [-0.3, -0.25) is 0 Å². The minimum Gasteiger partial charge on any atom is -0.598 e. The van der Waals surface area contributed by atoms with Gasteiger partial charge in [0.25, 0.3) is 6.43 Å². The van der Waals surface area contributed by atoms with Crippen molar-refractivity contribution in [3.63, 3.8) is 0 Å². The molecule has 0 saturated heterocycles. The summed E-state index contributed by atoms with van der Waals surface area (Å²) in [5, 5.41) is 3.75. The molecule has 0 spiro atoms. The van der Waals surface area contributed by atoms with E-state index in [1.165, 1.54) is 18.3 Å². The van der Waals surface area contributed by atoms with Gasteiger partial charge in [-0.2, -0.15) is 5.10 Å². The molecule has 28 heavy (non-hydrogen) atoms. The molecule has 156 valence electrons. The number of nitrogens with one attached hydrogen (secondary N) is 2. The van der Waals surface area contributed by atoms with Crippen molar-refractivity contribution < 1.29 is 22.5 Å². The molecule has 1 aromatic carbocycles. The van der Waals surface area contributed by atoms with Crippen molar-refractivity contribution >= 4 is 17.6 Å². The number of fused-ring (bicyclic) bond motifs is 1. The topological polar surface area (TPSA) is 68.7 Å². The molecule has 0 aliphatic carbocycles. The van der Waals surface area contributed by atoms with Crippen molar-refractivity contribution in [3.05, 3.63) is 29.1 Å². The Morgan fingerprint density at radius 1 is 1.39 bits per heavy atom. The van der Waals surface area contributed by atoms with E-state index in [1.807, 2.05) is 27.7 Å². The molecule has 1 aromatic rings. The highest BCUT2D eigenvalue weighted by Gasteiger charge is 2.37. The molecule has 2 aliphatic rings. The van der Waals surface area contributed by atoms with Crippen LogP contribution in [0.2, 0.25) is 0 Å². The first kappa shape index (κ1) is 21.3. The highest BCUT2D eigenvalue weighted by atomic mass is 32.2. The van der Waals surface area contributed by atoms with E-state index in [4.69, 9.17) is 4.74 Å². The molecule has 0 radical (unpaired) electrons. The normalized spacial score (nSPS) is 26.1. The molecule has 0 aromatic heterocycles. The fourth-order valence-corrected chi connectivity index (χ4v) is 4.21. The van der Waals surface area contributed by atoms with Crippen LogP contribution in [0.5, 0.6) is 5.75 Å². The fourth-order valence-electron chi connectivity index (χ4n) is 3.37. The number of hydrazone groups is 1. The number of benzene rings is 1. The van der Waals surface area contributed by atoms with E-state index >= 15 is 0 Å². The van der Waals surface area contributed by atoms with Crippen LogP contribution >= 0.6 is 0 Å². The average molecular weight is 417 g/mol. The maximum atomic E-state index is 14.1. The summed E-state index contributed by atoms with van der Waals surface area (Å²) >= 11 is -1.27. The second-order valence-corrected chi connectivity index (χ2v) is 10.3. The molecule has 5 atom stereocenters. The van der Waals surface area contributed by atoms with Crippen LogP contribution in [0.4, 0.5) is 13.2 Å². The molecule has 4 unspecified atom stereocenters. The van der Waals surface area contributed by atoms with Crippen molar-refractivity contribution in [2.24, 2.45) is 11.0 Å². The molecule has 2 aliphatic heterocycles. The lowest BCUT2D eigenvalue weighted by Crippen LogP contribution is -2.49. The van der Waals surface area contributed by atoms with Crippen molar-refractivity contribution in [3.8, 4) is 5.75 Å². The molecule has 9 heteroatoms. The lowest BCUT2D eigenvalue weighted by atomic mass is 9.92. The third-order valence-electron chi connectivity index (χ3n) is 4.98. The quantitative estimate of drug-likeness (QED) is 0.699. The molecule has 2 heterocycles. The van der Waals surface area contributed by atoms with Crippen LogP contribution in [0.25, 0.3) is 0 Å². The Bertz CT molecular complexity index is 742. The standard InChI is InChI=1S/C19H26F3N3O2S/c1-10(25-28(26)19(2,3)4)15-8-12-7-14(20)6-11(17(12)27-15)5-13-9-23-24-16(13)18(21)22/h6-7,9-10,13,15-16,18,24-25H,5,8H2,1-4H3/t10?,13?,15?,16-,28?/m0/s1. The van der Waals surface area contributed by atoms with Crippen LogP contribution < -0.4 is 14.9 Å². The average Bonchev–Trinajstić information content (AvgIpc) is 3.20. The number of nitrogens with zero attached hydrogens (tertiary/aromatic N) is 1. The van der Waals surface area contributed by atoms with Gasteiger partial charge in [-0.25, -0.2) is 13.2 Å². The summed E-state index contributed by atoms with van der Waals surface area (Å²) in [7, 11) is 0. The molecule has 0 amide bonds. The van der Waals surface area contributed by atoms with Crippen molar-refractivity contribution in [2.75, 3.05) is 0 Å². The van der Waals surface area contributed by atoms with Gasteiger partial charge >= 0.3 is 0 Å². The van der Waals surface area contributed by atoms with E-state index in [-0.39, 0.29) is 18.6 Å². The van der Waals surface area contributed by atoms with Crippen LogP contribution in [0, 0.1) is 11.7 Å². The van der Waals surface area contributed by atoms with Crippen molar-refractivity contribution in [2.45, 2.75) is 69.9 Å². The zero-order valence-corrected chi connectivity index (χ0v) is 17.2. The van der Waals surface area contributed by atoms with Gasteiger partial charge in [-0.1, -0.05) is 0 Å². The Labute approximate surface area is 166 Å². The lowest BCUT2D eigenvalue weighted by molar-refractivity contribution is 0.0896. The van der Waals surface area contributed by atoms with E-state index in [0.717, 1.165) is 0 Å². The van der Waals surface area contributed by atoms with E-state index < -0.39 is 40.3 Å². The highest BCUT2D eigenvalue weighted by molar-refractivity contribution is 7.90. The second-order valence-electron chi connectivity index (χ2n) is 8.34. The molecule has 2 N–H and O–H groups in total. The minimum absolute atomic E-state index is 0.202. The molecule has 5 nitrogen and oxygen atoms in total. The predicted molar refractivity (Wildman–Crippen MR) is 104 cm³/mol. The lowest BCUT2D eigenvalue weighted by Gasteiger charge is -2.28. The van der Waals surface area contributed by atoms with Gasteiger partial charge in [0.05, 0.1) is 6.04 Å². The fraction of sp³-hybridized carbons (Fsp3) is 0.632. The van der Waals surface area contributed by atoms with Gasteiger partial charge in [0.2, 0.25) is 0 Å². The monoisotopic (exact) mass is 417 g/mol. The van der Waals surface area contributed by atoms with Crippen LogP contribution in [0.1, 0.15) is 38.8 Å². The summed E-state index contributed by atoms with van der Waals surface area (Å²) < 4.78 is 61.5. The third-order valence-corrected chi connectivity index (χ3v) is 6.68. The number of rotatable bonds is 6. The Kier molecular flexibility index (Phi) is 6.17. The minimum atomic E-state index is -2.57.